The highest BCUT2D eigenvalue weighted by atomic mass is 32.2. The highest BCUT2D eigenvalue weighted by Crippen LogP contribution is 2.51. The van der Waals surface area contributed by atoms with Gasteiger partial charge in [-0.15, -0.1) is 0 Å². The van der Waals surface area contributed by atoms with Crippen molar-refractivity contribution in [2.45, 2.75) is 29.4 Å². The molecule has 0 amide bonds. The minimum atomic E-state index is -3.22. The van der Waals surface area contributed by atoms with Crippen LogP contribution in [-0.4, -0.2) is 13.7 Å². The Morgan fingerprint density at radius 1 is 1.12 bits per heavy atom. The van der Waals surface area contributed by atoms with Gasteiger partial charge in [0.1, 0.15) is 0 Å². The molecule has 2 nitrogen and oxygen atoms in total. The molecule has 0 radical (unpaired) electrons. The minimum absolute atomic E-state index is 0.303. The first-order chi connectivity index (χ1) is 8.10. The number of rotatable bonds is 2. The van der Waals surface area contributed by atoms with Crippen molar-refractivity contribution in [2.24, 2.45) is 11.8 Å². The van der Waals surface area contributed by atoms with Gasteiger partial charge in [-0.1, -0.05) is 30.4 Å². The predicted octanol–water partition coefficient (Wildman–Crippen LogP) is 2.82. The van der Waals surface area contributed by atoms with Crippen molar-refractivity contribution in [1.82, 2.24) is 0 Å². The van der Waals surface area contributed by atoms with Gasteiger partial charge < -0.3 is 0 Å². The molecule has 2 bridgehead atoms. The molecule has 1 aromatic carbocycles. The monoisotopic (exact) mass is 248 g/mol. The Bertz CT molecular complexity index is 545. The third-order valence-electron chi connectivity index (χ3n) is 4.20. The molecule has 0 aliphatic heterocycles. The maximum absolute atomic E-state index is 12.6. The Morgan fingerprint density at radius 2 is 1.82 bits per heavy atom. The Hall–Kier alpha value is -1.09. The van der Waals surface area contributed by atoms with Crippen LogP contribution in [0.15, 0.2) is 47.4 Å². The van der Waals surface area contributed by atoms with Crippen LogP contribution < -0.4 is 0 Å². The lowest BCUT2D eigenvalue weighted by Crippen LogP contribution is -2.29. The average molecular weight is 248 g/mol. The summed E-state index contributed by atoms with van der Waals surface area (Å²) in [5.41, 5.74) is 0.949. The molecule has 2 saturated carbocycles. The summed E-state index contributed by atoms with van der Waals surface area (Å²) in [5, 5.41) is -0.330. The molecule has 2 aliphatic carbocycles. The van der Waals surface area contributed by atoms with Crippen LogP contribution in [0.25, 0.3) is 0 Å². The Morgan fingerprint density at radius 3 is 2.41 bits per heavy atom. The van der Waals surface area contributed by atoms with E-state index in [1.807, 2.05) is 6.07 Å². The summed E-state index contributed by atoms with van der Waals surface area (Å²) in [6.45, 7) is 4.03. The number of hydrogen-bond donors (Lipinski definition) is 0. The number of benzene rings is 1. The van der Waals surface area contributed by atoms with Gasteiger partial charge >= 0.3 is 0 Å². The zero-order chi connectivity index (χ0) is 12.0. The lowest BCUT2D eigenvalue weighted by atomic mass is 9.96. The molecule has 90 valence electrons. The second-order valence-electron chi connectivity index (χ2n) is 5.12. The van der Waals surface area contributed by atoms with Crippen molar-refractivity contribution >= 4 is 9.84 Å². The van der Waals surface area contributed by atoms with E-state index in [0.717, 1.165) is 24.8 Å². The van der Waals surface area contributed by atoms with Crippen LogP contribution in [-0.2, 0) is 9.84 Å². The summed E-state index contributed by atoms with van der Waals surface area (Å²) in [5.74, 6) is 0.751. The van der Waals surface area contributed by atoms with E-state index in [9.17, 15) is 8.42 Å². The topological polar surface area (TPSA) is 34.1 Å². The lowest BCUT2D eigenvalue weighted by molar-refractivity contribution is 0.523. The summed E-state index contributed by atoms with van der Waals surface area (Å²) in [7, 11) is -3.22. The van der Waals surface area contributed by atoms with Crippen molar-refractivity contribution in [3.8, 4) is 0 Å². The molecule has 0 N–H and O–H groups in total. The van der Waals surface area contributed by atoms with Gasteiger partial charge in [0.2, 0.25) is 0 Å². The van der Waals surface area contributed by atoms with E-state index < -0.39 is 9.84 Å². The third kappa shape index (κ3) is 1.56. The lowest BCUT2D eigenvalue weighted by Gasteiger charge is -2.24. The van der Waals surface area contributed by atoms with Gasteiger partial charge in [0.15, 0.2) is 9.84 Å². The van der Waals surface area contributed by atoms with Crippen molar-refractivity contribution in [3.63, 3.8) is 0 Å². The SMILES string of the molecule is C=C1[C@H]2CC[C@H](C2)[C@@H]1S(=O)(=O)c1ccccc1. The molecule has 0 aromatic heterocycles. The zero-order valence-electron chi connectivity index (χ0n) is 9.67. The number of sulfone groups is 1. The fraction of sp³-hybridized carbons (Fsp3) is 0.429. The van der Waals surface area contributed by atoms with Crippen LogP contribution >= 0.6 is 0 Å². The summed E-state index contributed by atoms with van der Waals surface area (Å²) in [4.78, 5) is 0.443. The second-order valence-corrected chi connectivity index (χ2v) is 7.19. The molecule has 0 spiro atoms. The number of hydrogen-bond acceptors (Lipinski definition) is 2. The Balaban J connectivity index is 2.03. The van der Waals surface area contributed by atoms with E-state index in [0.29, 0.717) is 16.7 Å². The molecule has 0 saturated heterocycles. The zero-order valence-corrected chi connectivity index (χ0v) is 10.5. The van der Waals surface area contributed by atoms with Gasteiger partial charge in [0, 0.05) is 0 Å². The van der Waals surface area contributed by atoms with Crippen LogP contribution in [0.1, 0.15) is 19.3 Å². The summed E-state index contributed by atoms with van der Waals surface area (Å²) >= 11 is 0. The first kappa shape index (κ1) is 11.0. The van der Waals surface area contributed by atoms with Crippen LogP contribution in [0.3, 0.4) is 0 Å². The van der Waals surface area contributed by atoms with E-state index >= 15 is 0 Å². The quantitative estimate of drug-likeness (QED) is 0.754. The molecular formula is C14H16O2S. The minimum Gasteiger partial charge on any atom is -0.223 e. The molecule has 3 rings (SSSR count). The molecular weight excluding hydrogens is 232 g/mol. The fourth-order valence-corrected chi connectivity index (χ4v) is 5.55. The van der Waals surface area contributed by atoms with E-state index in [1.165, 1.54) is 0 Å². The van der Waals surface area contributed by atoms with Gasteiger partial charge in [-0.05, 0) is 43.2 Å². The second kappa shape index (κ2) is 3.70. The molecule has 17 heavy (non-hydrogen) atoms. The standard InChI is InChI=1S/C14H16O2S/c1-10-11-7-8-12(9-11)14(10)17(15,16)13-5-3-2-4-6-13/h2-6,11-12,14H,1,7-9H2/t11-,12+,14+/m0/s1. The normalized spacial score (nSPS) is 32.0. The maximum atomic E-state index is 12.6. The summed E-state index contributed by atoms with van der Waals surface area (Å²) in [6.07, 6.45) is 3.19. The van der Waals surface area contributed by atoms with Crippen LogP contribution in [0.5, 0.6) is 0 Å². The third-order valence-corrected chi connectivity index (χ3v) is 6.48. The van der Waals surface area contributed by atoms with E-state index in [2.05, 4.69) is 6.58 Å². The Labute approximate surface area is 102 Å². The first-order valence-corrected chi connectivity index (χ1v) is 7.63. The van der Waals surface area contributed by atoms with E-state index in [-0.39, 0.29) is 5.25 Å². The smallest absolute Gasteiger partial charge is 0.185 e. The summed E-state index contributed by atoms with van der Waals surface area (Å²) in [6, 6.07) is 8.78. The fourth-order valence-electron chi connectivity index (χ4n) is 3.37. The van der Waals surface area contributed by atoms with Crippen LogP contribution in [0.2, 0.25) is 0 Å². The molecule has 3 heteroatoms. The van der Waals surface area contributed by atoms with Gasteiger partial charge in [-0.3, -0.25) is 0 Å². The average Bonchev–Trinajstić information content (AvgIpc) is 2.90. The predicted molar refractivity (Wildman–Crippen MR) is 67.4 cm³/mol. The molecule has 0 unspecified atom stereocenters. The van der Waals surface area contributed by atoms with Gasteiger partial charge in [-0.2, -0.15) is 0 Å². The molecule has 1 aromatic rings. The van der Waals surface area contributed by atoms with Crippen molar-refractivity contribution in [1.29, 1.82) is 0 Å². The summed E-state index contributed by atoms with van der Waals surface area (Å²) < 4.78 is 25.1. The van der Waals surface area contributed by atoms with Crippen molar-refractivity contribution < 1.29 is 8.42 Å². The maximum Gasteiger partial charge on any atom is 0.185 e. The largest absolute Gasteiger partial charge is 0.223 e. The van der Waals surface area contributed by atoms with Crippen molar-refractivity contribution in [2.75, 3.05) is 0 Å². The molecule has 3 atom stereocenters. The highest BCUT2D eigenvalue weighted by Gasteiger charge is 2.49. The van der Waals surface area contributed by atoms with Gasteiger partial charge in [-0.25, -0.2) is 8.42 Å². The van der Waals surface area contributed by atoms with E-state index in [4.69, 9.17) is 0 Å². The first-order valence-electron chi connectivity index (χ1n) is 6.08. The Kier molecular flexibility index (Phi) is 2.40. The van der Waals surface area contributed by atoms with Gasteiger partial charge in [0.25, 0.3) is 0 Å². The molecule has 2 fully saturated rings. The van der Waals surface area contributed by atoms with Crippen LogP contribution in [0.4, 0.5) is 0 Å². The van der Waals surface area contributed by atoms with E-state index in [1.54, 1.807) is 24.3 Å². The highest BCUT2D eigenvalue weighted by molar-refractivity contribution is 7.92. The van der Waals surface area contributed by atoms with Crippen LogP contribution in [0, 0.1) is 11.8 Å². The number of fused-ring (bicyclic) bond motifs is 2. The van der Waals surface area contributed by atoms with Gasteiger partial charge in [0.05, 0.1) is 10.1 Å². The van der Waals surface area contributed by atoms with Crippen molar-refractivity contribution in [3.05, 3.63) is 42.5 Å². The molecule has 2 aliphatic rings. The molecule has 0 heterocycles.